The van der Waals surface area contributed by atoms with Gasteiger partial charge in [-0.25, -0.2) is 4.98 Å². The predicted octanol–water partition coefficient (Wildman–Crippen LogP) is 4.24. The van der Waals surface area contributed by atoms with Gasteiger partial charge in [-0.2, -0.15) is 0 Å². The molecule has 0 atom stereocenters. The van der Waals surface area contributed by atoms with Crippen molar-refractivity contribution in [2.75, 3.05) is 0 Å². The molecule has 3 rings (SSSR count). The van der Waals surface area contributed by atoms with E-state index < -0.39 is 0 Å². The lowest BCUT2D eigenvalue weighted by molar-refractivity contribution is 0.673. The van der Waals surface area contributed by atoms with Crippen LogP contribution in [0.4, 0.5) is 0 Å². The van der Waals surface area contributed by atoms with Gasteiger partial charge in [0, 0.05) is 17.2 Å². The van der Waals surface area contributed by atoms with Gasteiger partial charge in [0.1, 0.15) is 4.83 Å². The molecule has 3 nitrogen and oxygen atoms in total. The van der Waals surface area contributed by atoms with Crippen molar-refractivity contribution in [1.82, 2.24) is 9.55 Å². The third kappa shape index (κ3) is 3.00. The lowest BCUT2D eigenvalue weighted by atomic mass is 10.2. The smallest absolute Gasteiger partial charge is 0.263 e. The Hall–Kier alpha value is -1.85. The van der Waals surface area contributed by atoms with Gasteiger partial charge in [-0.3, -0.25) is 9.36 Å². The van der Waals surface area contributed by atoms with Crippen LogP contribution in [0.25, 0.3) is 10.2 Å². The second-order valence-electron chi connectivity index (χ2n) is 4.95. The first kappa shape index (κ1) is 15.1. The molecule has 0 amide bonds. The summed E-state index contributed by atoms with van der Waals surface area (Å²) in [6.45, 7) is 6.23. The van der Waals surface area contributed by atoms with Gasteiger partial charge >= 0.3 is 0 Å². The van der Waals surface area contributed by atoms with E-state index in [2.05, 4.69) is 23.7 Å². The maximum Gasteiger partial charge on any atom is 0.263 e. The highest BCUT2D eigenvalue weighted by molar-refractivity contribution is 7.98. The fourth-order valence-electron chi connectivity index (χ4n) is 2.24. The van der Waals surface area contributed by atoms with E-state index in [0.29, 0.717) is 11.9 Å². The maximum absolute atomic E-state index is 12.6. The Kier molecular flexibility index (Phi) is 4.45. The van der Waals surface area contributed by atoms with Crippen LogP contribution in [0, 0.1) is 6.92 Å². The quantitative estimate of drug-likeness (QED) is 0.399. The van der Waals surface area contributed by atoms with E-state index in [1.165, 1.54) is 5.56 Å². The number of aromatic nitrogens is 2. The van der Waals surface area contributed by atoms with Crippen LogP contribution in [0.1, 0.15) is 10.4 Å². The van der Waals surface area contributed by atoms with Crippen LogP contribution in [0.3, 0.4) is 0 Å². The average molecular weight is 328 g/mol. The number of fused-ring (bicyclic) bond motifs is 1. The minimum absolute atomic E-state index is 0.0183. The highest BCUT2D eigenvalue weighted by Crippen LogP contribution is 2.26. The molecule has 2 aromatic heterocycles. The Balaban J connectivity index is 2.01. The molecule has 2 heterocycles. The van der Waals surface area contributed by atoms with E-state index in [1.54, 1.807) is 33.7 Å². The second kappa shape index (κ2) is 6.50. The summed E-state index contributed by atoms with van der Waals surface area (Å²) in [6, 6.07) is 12.1. The standard InChI is InChI=1S/C17H16N2OS2/c1-3-9-19-16(20)14-10-12(2)22-15(14)18-17(19)21-11-13-7-5-4-6-8-13/h3-8,10H,1,9,11H2,2H3. The molecule has 1 aromatic carbocycles. The third-order valence-corrected chi connectivity index (χ3v) is 5.25. The Morgan fingerprint density at radius 3 is 2.86 bits per heavy atom. The number of thiophene rings is 1. The Morgan fingerprint density at radius 2 is 2.14 bits per heavy atom. The summed E-state index contributed by atoms with van der Waals surface area (Å²) in [4.78, 5) is 19.2. The summed E-state index contributed by atoms with van der Waals surface area (Å²) < 4.78 is 1.70. The molecule has 0 N–H and O–H groups in total. The summed E-state index contributed by atoms with van der Waals surface area (Å²) in [7, 11) is 0. The number of benzene rings is 1. The molecule has 3 aromatic rings. The van der Waals surface area contributed by atoms with Crippen LogP contribution in [0.5, 0.6) is 0 Å². The molecular weight excluding hydrogens is 312 g/mol. The van der Waals surface area contributed by atoms with Crippen molar-refractivity contribution in [2.45, 2.75) is 24.4 Å². The van der Waals surface area contributed by atoms with E-state index in [4.69, 9.17) is 0 Å². The van der Waals surface area contributed by atoms with Crippen molar-refractivity contribution >= 4 is 33.3 Å². The maximum atomic E-state index is 12.6. The van der Waals surface area contributed by atoms with Crippen molar-refractivity contribution in [3.05, 3.63) is 69.8 Å². The predicted molar refractivity (Wildman–Crippen MR) is 94.8 cm³/mol. The van der Waals surface area contributed by atoms with E-state index in [9.17, 15) is 4.79 Å². The molecule has 0 spiro atoms. The summed E-state index contributed by atoms with van der Waals surface area (Å²) in [5.41, 5.74) is 1.24. The SMILES string of the molecule is C=CCn1c(SCc2ccccc2)nc2sc(C)cc2c1=O. The van der Waals surface area contributed by atoms with Gasteiger partial charge in [0.2, 0.25) is 0 Å². The van der Waals surface area contributed by atoms with Crippen LogP contribution in [-0.4, -0.2) is 9.55 Å². The number of hydrogen-bond donors (Lipinski definition) is 0. The second-order valence-corrected chi connectivity index (χ2v) is 7.13. The molecule has 112 valence electrons. The van der Waals surface area contributed by atoms with E-state index in [1.807, 2.05) is 31.2 Å². The van der Waals surface area contributed by atoms with Crippen LogP contribution >= 0.6 is 23.1 Å². The van der Waals surface area contributed by atoms with Crippen molar-refractivity contribution in [2.24, 2.45) is 0 Å². The van der Waals surface area contributed by atoms with Crippen LogP contribution in [-0.2, 0) is 12.3 Å². The summed E-state index contributed by atoms with van der Waals surface area (Å²) in [6.07, 6.45) is 1.74. The number of hydrogen-bond acceptors (Lipinski definition) is 4. The minimum atomic E-state index is 0.0183. The number of nitrogens with zero attached hydrogens (tertiary/aromatic N) is 2. The van der Waals surface area contributed by atoms with Crippen molar-refractivity contribution in [3.63, 3.8) is 0 Å². The molecule has 0 bridgehead atoms. The first-order valence-corrected chi connectivity index (χ1v) is 8.78. The Labute approximate surface area is 137 Å². The average Bonchev–Trinajstić information content (AvgIpc) is 2.90. The lowest BCUT2D eigenvalue weighted by Gasteiger charge is -2.09. The molecule has 0 aliphatic carbocycles. The van der Waals surface area contributed by atoms with Crippen LogP contribution in [0.2, 0.25) is 0 Å². The zero-order chi connectivity index (χ0) is 15.5. The molecule has 0 saturated carbocycles. The monoisotopic (exact) mass is 328 g/mol. The third-order valence-electron chi connectivity index (χ3n) is 3.26. The summed E-state index contributed by atoms with van der Waals surface area (Å²) >= 11 is 3.15. The highest BCUT2D eigenvalue weighted by Gasteiger charge is 2.13. The number of allylic oxidation sites excluding steroid dienone is 1. The molecule has 0 aliphatic heterocycles. The highest BCUT2D eigenvalue weighted by atomic mass is 32.2. The van der Waals surface area contributed by atoms with E-state index in [0.717, 1.165) is 20.6 Å². The Morgan fingerprint density at radius 1 is 1.36 bits per heavy atom. The van der Waals surface area contributed by atoms with Crippen LogP contribution in [0.15, 0.2) is 59.0 Å². The first-order chi connectivity index (χ1) is 10.7. The number of thioether (sulfide) groups is 1. The van der Waals surface area contributed by atoms with Crippen molar-refractivity contribution in [1.29, 1.82) is 0 Å². The van der Waals surface area contributed by atoms with Crippen molar-refractivity contribution in [3.8, 4) is 0 Å². The number of rotatable bonds is 5. The zero-order valence-corrected chi connectivity index (χ0v) is 13.9. The van der Waals surface area contributed by atoms with E-state index >= 15 is 0 Å². The van der Waals surface area contributed by atoms with Crippen LogP contribution < -0.4 is 5.56 Å². The molecule has 0 saturated heterocycles. The first-order valence-electron chi connectivity index (χ1n) is 6.97. The normalized spacial score (nSPS) is 11.0. The summed E-state index contributed by atoms with van der Waals surface area (Å²) in [5, 5.41) is 1.46. The topological polar surface area (TPSA) is 34.9 Å². The largest absolute Gasteiger partial charge is 0.283 e. The molecule has 0 fully saturated rings. The molecule has 5 heteroatoms. The van der Waals surface area contributed by atoms with Gasteiger partial charge in [0.15, 0.2) is 5.16 Å². The Bertz CT molecular complexity index is 865. The fraction of sp³-hybridized carbons (Fsp3) is 0.176. The zero-order valence-electron chi connectivity index (χ0n) is 12.3. The van der Waals surface area contributed by atoms with Gasteiger partial charge in [-0.15, -0.1) is 17.9 Å². The number of aryl methyl sites for hydroxylation is 1. The van der Waals surface area contributed by atoms with Gasteiger partial charge < -0.3 is 0 Å². The summed E-state index contributed by atoms with van der Waals surface area (Å²) in [5.74, 6) is 0.792. The van der Waals surface area contributed by atoms with Crippen molar-refractivity contribution < 1.29 is 0 Å². The molecule has 22 heavy (non-hydrogen) atoms. The van der Waals surface area contributed by atoms with Gasteiger partial charge in [0.05, 0.1) is 5.39 Å². The molecule has 0 unspecified atom stereocenters. The lowest BCUT2D eigenvalue weighted by Crippen LogP contribution is -2.22. The fourth-order valence-corrected chi connectivity index (χ4v) is 4.13. The van der Waals surface area contributed by atoms with Gasteiger partial charge in [-0.1, -0.05) is 48.2 Å². The van der Waals surface area contributed by atoms with Gasteiger partial charge in [-0.05, 0) is 18.6 Å². The van der Waals surface area contributed by atoms with Gasteiger partial charge in [0.25, 0.3) is 5.56 Å². The molecule has 0 radical (unpaired) electrons. The minimum Gasteiger partial charge on any atom is -0.283 e. The molecule has 0 aliphatic rings. The molecular formula is C17H16N2OS2. The van der Waals surface area contributed by atoms with E-state index in [-0.39, 0.29) is 5.56 Å².